The van der Waals surface area contributed by atoms with Gasteiger partial charge in [0.2, 0.25) is 5.91 Å². The summed E-state index contributed by atoms with van der Waals surface area (Å²) < 4.78 is 3.87. The molecule has 0 saturated heterocycles. The normalized spacial score (nSPS) is 11.1. The van der Waals surface area contributed by atoms with E-state index >= 15 is 0 Å². The Morgan fingerprint density at radius 1 is 1.00 bits per heavy atom. The monoisotopic (exact) mass is 497 g/mol. The van der Waals surface area contributed by atoms with Crippen LogP contribution in [-0.2, 0) is 11.3 Å². The number of carbonyl (C=O) groups is 1. The van der Waals surface area contributed by atoms with Crippen LogP contribution in [0.15, 0.2) is 61.9 Å². The Labute approximate surface area is 190 Å². The molecule has 4 rings (SSSR count). The fourth-order valence-corrected chi connectivity index (χ4v) is 4.47. The van der Waals surface area contributed by atoms with Crippen molar-refractivity contribution >= 4 is 49.1 Å². The van der Waals surface area contributed by atoms with Crippen LogP contribution in [0, 0.1) is 20.8 Å². The number of aryl methyl sites for hydroxylation is 3. The van der Waals surface area contributed by atoms with E-state index in [1.807, 2.05) is 45.0 Å². The Hall–Kier alpha value is -2.97. The molecular weight excluding hydrogens is 478 g/mol. The molecule has 0 aliphatic heterocycles. The summed E-state index contributed by atoms with van der Waals surface area (Å²) in [4.78, 5) is 39.2. The summed E-state index contributed by atoms with van der Waals surface area (Å²) in [5.41, 5.74) is 3.71. The summed E-state index contributed by atoms with van der Waals surface area (Å²) in [6.07, 6.45) is 0. The minimum atomic E-state index is -0.540. The van der Waals surface area contributed by atoms with E-state index in [9.17, 15) is 14.4 Å². The number of nitrogens with zero attached hydrogens (tertiary/aromatic N) is 2. The minimum absolute atomic E-state index is 0.202. The summed E-state index contributed by atoms with van der Waals surface area (Å²) in [6, 6.07) is 12.6. The lowest BCUT2D eigenvalue weighted by atomic mass is 10.1. The first kappa shape index (κ1) is 21.3. The van der Waals surface area contributed by atoms with Gasteiger partial charge in [0.25, 0.3) is 5.56 Å². The fraction of sp³-hybridized carbons (Fsp3) is 0.174. The molecule has 2 aromatic heterocycles. The van der Waals surface area contributed by atoms with E-state index in [0.717, 1.165) is 25.7 Å². The van der Waals surface area contributed by atoms with Crippen molar-refractivity contribution < 1.29 is 4.79 Å². The lowest BCUT2D eigenvalue weighted by Gasteiger charge is -2.13. The second-order valence-electron chi connectivity index (χ2n) is 7.42. The maximum atomic E-state index is 13.3. The molecule has 0 fully saturated rings. The van der Waals surface area contributed by atoms with Gasteiger partial charge in [-0.15, -0.1) is 11.3 Å². The largest absolute Gasteiger partial charge is 0.336 e. The smallest absolute Gasteiger partial charge is 0.325 e. The number of thiophene rings is 1. The highest BCUT2D eigenvalue weighted by atomic mass is 79.9. The number of hydrogen-bond donors (Lipinski definition) is 1. The highest BCUT2D eigenvalue weighted by Crippen LogP contribution is 2.21. The molecule has 31 heavy (non-hydrogen) atoms. The zero-order chi connectivity index (χ0) is 22.3. The molecule has 2 aromatic carbocycles. The number of aromatic nitrogens is 2. The van der Waals surface area contributed by atoms with Crippen molar-refractivity contribution in [2.24, 2.45) is 0 Å². The molecule has 0 aliphatic rings. The number of rotatable bonds is 4. The summed E-state index contributed by atoms with van der Waals surface area (Å²) in [5.74, 6) is -0.346. The van der Waals surface area contributed by atoms with Crippen molar-refractivity contribution in [2.45, 2.75) is 27.3 Å². The summed E-state index contributed by atoms with van der Waals surface area (Å²) >= 11 is 4.70. The Morgan fingerprint density at radius 2 is 1.77 bits per heavy atom. The summed E-state index contributed by atoms with van der Waals surface area (Å²) in [7, 11) is 0. The van der Waals surface area contributed by atoms with Crippen molar-refractivity contribution in [3.05, 3.63) is 89.8 Å². The van der Waals surface area contributed by atoms with Gasteiger partial charge in [-0.05, 0) is 79.2 Å². The lowest BCUT2D eigenvalue weighted by molar-refractivity contribution is -0.116. The summed E-state index contributed by atoms with van der Waals surface area (Å²) in [6.45, 7) is 5.63. The average molecular weight is 498 g/mol. The van der Waals surface area contributed by atoms with Crippen LogP contribution in [0.2, 0.25) is 0 Å². The van der Waals surface area contributed by atoms with Crippen molar-refractivity contribution in [1.29, 1.82) is 0 Å². The quantitative estimate of drug-likeness (QED) is 0.449. The van der Waals surface area contributed by atoms with E-state index in [2.05, 4.69) is 21.2 Å². The molecule has 158 valence electrons. The molecule has 8 heteroatoms. The van der Waals surface area contributed by atoms with Crippen molar-refractivity contribution in [2.75, 3.05) is 5.32 Å². The van der Waals surface area contributed by atoms with Gasteiger partial charge in [-0.25, -0.2) is 9.36 Å². The van der Waals surface area contributed by atoms with Gasteiger partial charge >= 0.3 is 5.69 Å². The lowest BCUT2D eigenvalue weighted by Crippen LogP contribution is -2.40. The molecule has 1 N–H and O–H groups in total. The molecule has 0 bridgehead atoms. The molecule has 2 heterocycles. The van der Waals surface area contributed by atoms with Gasteiger partial charge < -0.3 is 5.32 Å². The number of nitrogens with one attached hydrogen (secondary N) is 1. The van der Waals surface area contributed by atoms with Crippen LogP contribution in [0.4, 0.5) is 5.69 Å². The van der Waals surface area contributed by atoms with E-state index in [4.69, 9.17) is 0 Å². The Bertz CT molecular complexity index is 1450. The van der Waals surface area contributed by atoms with E-state index in [0.29, 0.717) is 21.6 Å². The number of amides is 1. The van der Waals surface area contributed by atoms with Gasteiger partial charge in [-0.3, -0.25) is 14.2 Å². The van der Waals surface area contributed by atoms with Crippen LogP contribution in [-0.4, -0.2) is 15.0 Å². The third-order valence-corrected chi connectivity index (χ3v) is 7.03. The van der Waals surface area contributed by atoms with Crippen molar-refractivity contribution in [1.82, 2.24) is 9.13 Å². The highest BCUT2D eigenvalue weighted by Gasteiger charge is 2.18. The number of fused-ring (bicyclic) bond motifs is 1. The minimum Gasteiger partial charge on any atom is -0.325 e. The van der Waals surface area contributed by atoms with Gasteiger partial charge in [-0.1, -0.05) is 22.0 Å². The van der Waals surface area contributed by atoms with Gasteiger partial charge in [0.1, 0.15) is 11.2 Å². The molecule has 0 atom stereocenters. The zero-order valence-electron chi connectivity index (χ0n) is 17.2. The zero-order valence-corrected chi connectivity index (χ0v) is 19.6. The van der Waals surface area contributed by atoms with E-state index in [1.165, 1.54) is 15.9 Å². The van der Waals surface area contributed by atoms with Crippen LogP contribution in [0.5, 0.6) is 0 Å². The van der Waals surface area contributed by atoms with Crippen molar-refractivity contribution in [3.8, 4) is 5.69 Å². The van der Waals surface area contributed by atoms with Crippen LogP contribution in [0.25, 0.3) is 15.9 Å². The molecule has 0 radical (unpaired) electrons. The average Bonchev–Trinajstić information content (AvgIpc) is 3.21. The van der Waals surface area contributed by atoms with E-state index in [1.54, 1.807) is 23.6 Å². The Balaban J connectivity index is 1.78. The van der Waals surface area contributed by atoms with Crippen LogP contribution in [0.1, 0.15) is 16.7 Å². The summed E-state index contributed by atoms with van der Waals surface area (Å²) in [5, 5.41) is 4.58. The van der Waals surface area contributed by atoms with Crippen LogP contribution in [0.3, 0.4) is 0 Å². The van der Waals surface area contributed by atoms with Crippen LogP contribution >= 0.6 is 27.3 Å². The highest BCUT2D eigenvalue weighted by molar-refractivity contribution is 9.10. The Morgan fingerprint density at radius 3 is 2.48 bits per heavy atom. The number of anilines is 1. The van der Waals surface area contributed by atoms with Gasteiger partial charge in [-0.2, -0.15) is 0 Å². The third kappa shape index (κ3) is 4.00. The molecule has 0 spiro atoms. The first-order valence-corrected chi connectivity index (χ1v) is 11.3. The predicted molar refractivity (Wildman–Crippen MR) is 129 cm³/mol. The maximum Gasteiger partial charge on any atom is 0.336 e. The SMILES string of the molecule is Cc1ccc(-n2c(=O)c3sccc3n(CC(=O)Nc3ccc(Br)c(C)c3)c2=O)cc1C. The van der Waals surface area contributed by atoms with Crippen LogP contribution < -0.4 is 16.6 Å². The Kier molecular flexibility index (Phi) is 5.68. The molecule has 1 amide bonds. The number of halogens is 1. The number of carbonyl (C=O) groups excluding carboxylic acids is 1. The number of benzene rings is 2. The molecular formula is C23H20BrN3O3S. The first-order valence-electron chi connectivity index (χ1n) is 9.63. The molecule has 0 saturated carbocycles. The molecule has 4 aromatic rings. The van der Waals surface area contributed by atoms with Gasteiger partial charge in [0.05, 0.1) is 11.2 Å². The second kappa shape index (κ2) is 8.28. The van der Waals surface area contributed by atoms with Crippen molar-refractivity contribution in [3.63, 3.8) is 0 Å². The number of hydrogen-bond acceptors (Lipinski definition) is 4. The predicted octanol–water partition coefficient (Wildman–Crippen LogP) is 4.54. The molecule has 0 aliphatic carbocycles. The third-order valence-electron chi connectivity index (χ3n) is 5.25. The van der Waals surface area contributed by atoms with E-state index in [-0.39, 0.29) is 18.0 Å². The standard InChI is InChI=1S/C23H20BrN3O3S/c1-13-4-6-17(11-14(13)2)27-22(29)21-19(8-9-31-21)26(23(27)30)12-20(28)25-16-5-7-18(24)15(3)10-16/h4-11H,12H2,1-3H3,(H,25,28). The topological polar surface area (TPSA) is 73.1 Å². The fourth-order valence-electron chi connectivity index (χ4n) is 3.40. The second-order valence-corrected chi connectivity index (χ2v) is 9.20. The molecule has 6 nitrogen and oxygen atoms in total. The molecule has 0 unspecified atom stereocenters. The maximum absolute atomic E-state index is 13.3. The van der Waals surface area contributed by atoms with E-state index < -0.39 is 5.69 Å². The first-order chi connectivity index (χ1) is 14.8. The van der Waals surface area contributed by atoms with Gasteiger partial charge in [0.15, 0.2) is 0 Å². The van der Waals surface area contributed by atoms with Gasteiger partial charge in [0, 0.05) is 10.2 Å².